The molecule has 4 atom stereocenters. The second kappa shape index (κ2) is 10.6. The number of nitrogens with zero attached hydrogens (tertiary/aromatic N) is 1. The lowest BCUT2D eigenvalue weighted by molar-refractivity contribution is -0.143. The number of hydrogen-bond donors (Lipinski definition) is 3. The molecule has 3 N–H and O–H groups in total. The van der Waals surface area contributed by atoms with E-state index in [0.29, 0.717) is 30.8 Å². The number of rotatable bonds is 8. The second-order valence-corrected chi connectivity index (χ2v) is 10.2. The number of hydrogen-bond acceptors (Lipinski definition) is 6. The van der Waals surface area contributed by atoms with Crippen LogP contribution in [0.2, 0.25) is 0 Å². The van der Waals surface area contributed by atoms with Crippen LogP contribution < -0.4 is 0 Å². The summed E-state index contributed by atoms with van der Waals surface area (Å²) in [4.78, 5) is 28.2. The van der Waals surface area contributed by atoms with Gasteiger partial charge in [0.25, 0.3) is 0 Å². The van der Waals surface area contributed by atoms with Gasteiger partial charge in [-0.3, -0.25) is 14.5 Å². The Morgan fingerprint density at radius 2 is 1.91 bits per heavy atom. The number of fused-ring (bicyclic) bond motifs is 1. The summed E-state index contributed by atoms with van der Waals surface area (Å²) < 4.78 is 5.50. The van der Waals surface area contributed by atoms with Gasteiger partial charge in [0.05, 0.1) is 24.5 Å². The number of imide groups is 1. The number of furan rings is 1. The molecule has 0 bridgehead atoms. The fourth-order valence-electron chi connectivity index (χ4n) is 6.23. The maximum atomic E-state index is 13.4. The van der Waals surface area contributed by atoms with Crippen LogP contribution in [0.1, 0.15) is 76.7 Å². The Kier molecular flexibility index (Phi) is 7.75. The highest BCUT2D eigenvalue weighted by molar-refractivity contribution is 6.06. The van der Waals surface area contributed by atoms with E-state index in [1.54, 1.807) is 12.1 Å². The van der Waals surface area contributed by atoms with E-state index in [-0.39, 0.29) is 31.1 Å². The zero-order chi connectivity index (χ0) is 24.4. The summed E-state index contributed by atoms with van der Waals surface area (Å²) in [7, 11) is 0. The molecule has 0 spiro atoms. The molecule has 0 aromatic carbocycles. The van der Waals surface area contributed by atoms with Crippen molar-refractivity contribution in [3.05, 3.63) is 40.4 Å². The van der Waals surface area contributed by atoms with Gasteiger partial charge in [0.15, 0.2) is 0 Å². The minimum absolute atomic E-state index is 0.0203. The Morgan fingerprint density at radius 3 is 2.56 bits per heavy atom. The van der Waals surface area contributed by atoms with Gasteiger partial charge in [-0.05, 0) is 69.7 Å². The minimum atomic E-state index is -0.794. The number of carbonyl (C=O) groups is 2. The van der Waals surface area contributed by atoms with Crippen LogP contribution in [-0.4, -0.2) is 50.8 Å². The first-order valence-corrected chi connectivity index (χ1v) is 12.6. The fourth-order valence-corrected chi connectivity index (χ4v) is 6.23. The molecular formula is C27H37NO6. The first-order chi connectivity index (χ1) is 16.3. The highest BCUT2D eigenvalue weighted by Gasteiger charge is 2.55. The number of aliphatic hydroxyl groups excluding tert-OH is 3. The molecule has 7 nitrogen and oxygen atoms in total. The van der Waals surface area contributed by atoms with Gasteiger partial charge in [-0.15, -0.1) is 0 Å². The molecule has 0 radical (unpaired) electrons. The van der Waals surface area contributed by atoms with Crippen LogP contribution in [0.15, 0.2) is 33.3 Å². The Balaban J connectivity index is 1.47. The van der Waals surface area contributed by atoms with Gasteiger partial charge in [-0.2, -0.15) is 0 Å². The molecule has 2 heterocycles. The fraction of sp³-hybridized carbons (Fsp3) is 0.630. The van der Waals surface area contributed by atoms with E-state index >= 15 is 0 Å². The maximum Gasteiger partial charge on any atom is 0.234 e. The van der Waals surface area contributed by atoms with Crippen LogP contribution in [0.3, 0.4) is 0 Å². The number of carbonyl (C=O) groups excluding carboxylic acids is 2. The van der Waals surface area contributed by atoms with Crippen molar-refractivity contribution in [2.45, 2.75) is 84.0 Å². The Hall–Kier alpha value is -2.22. The smallest absolute Gasteiger partial charge is 0.234 e. The van der Waals surface area contributed by atoms with E-state index in [1.807, 2.05) is 19.9 Å². The van der Waals surface area contributed by atoms with Gasteiger partial charge in [-0.1, -0.05) is 30.4 Å². The van der Waals surface area contributed by atoms with E-state index in [4.69, 9.17) is 9.52 Å². The van der Waals surface area contributed by atoms with E-state index in [0.717, 1.165) is 48.8 Å². The van der Waals surface area contributed by atoms with E-state index in [1.165, 1.54) is 4.90 Å². The third kappa shape index (κ3) is 4.79. The van der Waals surface area contributed by atoms with Gasteiger partial charge < -0.3 is 19.7 Å². The van der Waals surface area contributed by atoms with Gasteiger partial charge in [0.1, 0.15) is 18.1 Å². The molecule has 1 saturated heterocycles. The van der Waals surface area contributed by atoms with Crippen LogP contribution in [-0.2, 0) is 16.2 Å². The summed E-state index contributed by atoms with van der Waals surface area (Å²) >= 11 is 0. The molecule has 0 unspecified atom stereocenters. The molecule has 1 aromatic rings. The monoisotopic (exact) mass is 471 g/mol. The average molecular weight is 472 g/mol. The first kappa shape index (κ1) is 24.9. The molecule has 1 aromatic heterocycles. The van der Waals surface area contributed by atoms with Crippen molar-refractivity contribution in [1.82, 2.24) is 4.90 Å². The lowest BCUT2D eigenvalue weighted by Gasteiger charge is -2.35. The van der Waals surface area contributed by atoms with E-state index in [9.17, 15) is 19.8 Å². The maximum absolute atomic E-state index is 13.4. The molecule has 2 aliphatic carbocycles. The predicted molar refractivity (Wildman–Crippen MR) is 127 cm³/mol. The van der Waals surface area contributed by atoms with Crippen molar-refractivity contribution >= 4 is 17.9 Å². The summed E-state index contributed by atoms with van der Waals surface area (Å²) in [6.45, 7) is 3.47. The van der Waals surface area contributed by atoms with Gasteiger partial charge in [0.2, 0.25) is 11.8 Å². The molecule has 1 saturated carbocycles. The molecule has 186 valence electrons. The van der Waals surface area contributed by atoms with Crippen molar-refractivity contribution in [1.29, 1.82) is 0 Å². The van der Waals surface area contributed by atoms with Crippen LogP contribution in [0, 0.1) is 17.8 Å². The predicted octanol–water partition coefficient (Wildman–Crippen LogP) is 3.58. The first-order valence-electron chi connectivity index (χ1n) is 12.6. The van der Waals surface area contributed by atoms with Crippen molar-refractivity contribution in [3.63, 3.8) is 0 Å². The average Bonchev–Trinajstić information content (AvgIpc) is 3.38. The Labute approximate surface area is 201 Å². The third-order valence-corrected chi connectivity index (χ3v) is 7.90. The highest BCUT2D eigenvalue weighted by Crippen LogP contribution is 2.47. The number of aliphatic hydroxyl groups is 3. The van der Waals surface area contributed by atoms with Crippen molar-refractivity contribution in [2.75, 3.05) is 6.61 Å². The van der Waals surface area contributed by atoms with E-state index in [2.05, 4.69) is 0 Å². The molecule has 2 amide bonds. The Bertz CT molecular complexity index is 970. The van der Waals surface area contributed by atoms with Crippen LogP contribution >= 0.6 is 0 Å². The largest absolute Gasteiger partial charge is 0.459 e. The molecule has 34 heavy (non-hydrogen) atoms. The van der Waals surface area contributed by atoms with Gasteiger partial charge in [-0.25, -0.2) is 0 Å². The van der Waals surface area contributed by atoms with Crippen molar-refractivity contribution in [2.24, 2.45) is 17.8 Å². The van der Waals surface area contributed by atoms with Crippen molar-refractivity contribution in [3.8, 4) is 0 Å². The molecule has 4 rings (SSSR count). The number of likely N-dealkylation sites (tertiary alicyclic amines) is 1. The van der Waals surface area contributed by atoms with Gasteiger partial charge >= 0.3 is 0 Å². The summed E-state index contributed by atoms with van der Waals surface area (Å²) in [5.74, 6) is -0.633. The number of allylic oxidation sites excluding steroid dienone is 2. The second-order valence-electron chi connectivity index (χ2n) is 10.2. The van der Waals surface area contributed by atoms with Crippen molar-refractivity contribution < 1.29 is 29.3 Å². The zero-order valence-corrected chi connectivity index (χ0v) is 20.2. The lowest BCUT2D eigenvalue weighted by atomic mass is 9.68. The third-order valence-electron chi connectivity index (χ3n) is 7.90. The summed E-state index contributed by atoms with van der Waals surface area (Å²) in [5.41, 5.74) is 2.66. The molecule has 3 aliphatic rings. The van der Waals surface area contributed by atoms with Crippen LogP contribution in [0.25, 0.3) is 6.08 Å². The summed E-state index contributed by atoms with van der Waals surface area (Å²) in [6.07, 6.45) is 7.56. The van der Waals surface area contributed by atoms with E-state index < -0.39 is 23.9 Å². The highest BCUT2D eigenvalue weighted by atomic mass is 16.4. The lowest BCUT2D eigenvalue weighted by Crippen LogP contribution is -2.42. The topological polar surface area (TPSA) is 111 Å². The summed E-state index contributed by atoms with van der Waals surface area (Å²) in [6, 6.07) is 3.50. The SMILES string of the molecule is CC1=C([C@H](O)CC/C(C)=C/c2ccc(CO)o2)[C@H](CO)[C@@H]2C(=O)N(C3CCCCC3)C(=O)[C@@H]2C1. The molecule has 7 heteroatoms. The Morgan fingerprint density at radius 1 is 1.18 bits per heavy atom. The molecule has 1 aliphatic heterocycles. The molecular weight excluding hydrogens is 434 g/mol. The minimum Gasteiger partial charge on any atom is -0.459 e. The normalized spacial score (nSPS) is 27.5. The van der Waals surface area contributed by atoms with Crippen LogP contribution in [0.4, 0.5) is 0 Å². The van der Waals surface area contributed by atoms with Crippen LogP contribution in [0.5, 0.6) is 0 Å². The standard InChI is InChI=1S/C27H37NO6/c1-16(12-19-9-10-20(14-29)34-19)8-11-23(31)24-17(2)13-21-25(22(24)15-30)27(33)28(26(21)32)18-6-4-3-5-7-18/h9-10,12,18,21-23,25,29-31H,3-8,11,13-15H2,1-2H3/b16-12+/t21-,22+,23-,25-/m1/s1. The zero-order valence-electron chi connectivity index (χ0n) is 20.2. The van der Waals surface area contributed by atoms with Gasteiger partial charge in [0, 0.05) is 12.0 Å². The molecule has 2 fully saturated rings. The number of amides is 2. The summed E-state index contributed by atoms with van der Waals surface area (Å²) in [5, 5.41) is 30.6. The quantitative estimate of drug-likeness (QED) is 0.395.